The fraction of sp³-hybridized carbons (Fsp3) is 0.333. The summed E-state index contributed by atoms with van der Waals surface area (Å²) in [6, 6.07) is 17.4. The van der Waals surface area contributed by atoms with Crippen LogP contribution in [-0.4, -0.2) is 13.2 Å². The lowest BCUT2D eigenvalue weighted by Gasteiger charge is -2.37. The molecule has 0 bridgehead atoms. The Bertz CT molecular complexity index is 608. The van der Waals surface area contributed by atoms with Crippen LogP contribution in [0.1, 0.15) is 29.9 Å². The Morgan fingerprint density at radius 1 is 1.10 bits per heavy atom. The number of hydrogen-bond acceptors (Lipinski definition) is 2. The van der Waals surface area contributed by atoms with E-state index < -0.39 is 0 Å². The molecule has 0 saturated heterocycles. The molecule has 1 saturated carbocycles. The van der Waals surface area contributed by atoms with Gasteiger partial charge in [0.1, 0.15) is 5.75 Å². The van der Waals surface area contributed by atoms with E-state index >= 15 is 0 Å². The maximum Gasteiger partial charge on any atom is 0.122 e. The van der Waals surface area contributed by atoms with Crippen LogP contribution in [0, 0.1) is 0 Å². The Labute approximate surface area is 134 Å². The van der Waals surface area contributed by atoms with Gasteiger partial charge < -0.3 is 10.1 Å². The van der Waals surface area contributed by atoms with Crippen LogP contribution in [0.2, 0.25) is 0 Å². The van der Waals surface area contributed by atoms with Crippen LogP contribution in [0.15, 0.2) is 53.0 Å². The summed E-state index contributed by atoms with van der Waals surface area (Å²) >= 11 is 3.60. The maximum atomic E-state index is 5.46. The fourth-order valence-electron chi connectivity index (χ4n) is 2.94. The topological polar surface area (TPSA) is 21.3 Å². The van der Waals surface area contributed by atoms with Crippen molar-refractivity contribution in [3.8, 4) is 5.75 Å². The molecule has 1 aliphatic rings. The summed E-state index contributed by atoms with van der Waals surface area (Å²) in [7, 11) is 1.75. The van der Waals surface area contributed by atoms with Gasteiger partial charge >= 0.3 is 0 Å². The van der Waals surface area contributed by atoms with Gasteiger partial charge in [0.2, 0.25) is 0 Å². The molecule has 0 radical (unpaired) electrons. The number of para-hydroxylation sites is 1. The van der Waals surface area contributed by atoms with Gasteiger partial charge in [-0.1, -0.05) is 52.3 Å². The van der Waals surface area contributed by atoms with Crippen LogP contribution in [0.25, 0.3) is 0 Å². The highest BCUT2D eigenvalue weighted by Crippen LogP contribution is 2.41. The minimum absolute atomic E-state index is 0.604. The number of halogens is 1. The Morgan fingerprint density at radius 3 is 2.57 bits per heavy atom. The van der Waals surface area contributed by atoms with E-state index in [9.17, 15) is 0 Å². The van der Waals surface area contributed by atoms with Crippen molar-refractivity contribution in [3.05, 3.63) is 64.1 Å². The van der Waals surface area contributed by atoms with Gasteiger partial charge in [0.15, 0.2) is 0 Å². The highest BCUT2D eigenvalue weighted by molar-refractivity contribution is 9.10. The number of ether oxygens (including phenoxy) is 1. The Hall–Kier alpha value is -1.32. The van der Waals surface area contributed by atoms with E-state index in [1.54, 1.807) is 7.11 Å². The zero-order chi connectivity index (χ0) is 14.7. The van der Waals surface area contributed by atoms with Gasteiger partial charge in [-0.05, 0) is 42.0 Å². The molecule has 0 amide bonds. The molecule has 1 N–H and O–H groups in total. The molecule has 0 spiro atoms. The van der Waals surface area contributed by atoms with E-state index in [1.807, 2.05) is 6.07 Å². The summed E-state index contributed by atoms with van der Waals surface area (Å²) in [6.45, 7) is 0.921. The van der Waals surface area contributed by atoms with Crippen molar-refractivity contribution in [3.63, 3.8) is 0 Å². The number of rotatable bonds is 5. The average molecular weight is 346 g/mol. The maximum absolute atomic E-state index is 5.46. The van der Waals surface area contributed by atoms with Crippen molar-refractivity contribution in [2.24, 2.45) is 0 Å². The standard InChI is InChI=1S/C18H20BrNO/c1-21-18-9-5-3-7-16(18)14-10-15(11-14)20-12-13-6-2-4-8-17(13)19/h2-9,14-15,20H,10-12H2,1H3. The zero-order valence-electron chi connectivity index (χ0n) is 12.2. The van der Waals surface area contributed by atoms with Gasteiger partial charge in [-0.15, -0.1) is 0 Å². The van der Waals surface area contributed by atoms with E-state index in [1.165, 1.54) is 28.4 Å². The number of hydrogen-bond donors (Lipinski definition) is 1. The monoisotopic (exact) mass is 345 g/mol. The number of methoxy groups -OCH3 is 1. The molecule has 2 aromatic rings. The molecule has 0 heterocycles. The van der Waals surface area contributed by atoms with Gasteiger partial charge in [-0.2, -0.15) is 0 Å². The van der Waals surface area contributed by atoms with Crippen LogP contribution in [0.4, 0.5) is 0 Å². The Kier molecular flexibility index (Phi) is 4.61. The van der Waals surface area contributed by atoms with Gasteiger partial charge in [0.25, 0.3) is 0 Å². The molecule has 3 rings (SSSR count). The first-order chi connectivity index (χ1) is 10.3. The van der Waals surface area contributed by atoms with Gasteiger partial charge in [-0.25, -0.2) is 0 Å². The molecule has 3 heteroatoms. The second-order valence-corrected chi connectivity index (χ2v) is 6.43. The molecule has 110 valence electrons. The lowest BCUT2D eigenvalue weighted by molar-refractivity contribution is 0.282. The van der Waals surface area contributed by atoms with E-state index in [0.717, 1.165) is 12.3 Å². The first-order valence-corrected chi connectivity index (χ1v) is 8.17. The van der Waals surface area contributed by atoms with Gasteiger partial charge in [0, 0.05) is 17.1 Å². The summed E-state index contributed by atoms with van der Waals surface area (Å²) in [5.41, 5.74) is 2.66. The Balaban J connectivity index is 1.53. The Morgan fingerprint density at radius 2 is 1.81 bits per heavy atom. The predicted molar refractivity (Wildman–Crippen MR) is 89.7 cm³/mol. The molecule has 0 atom stereocenters. The minimum Gasteiger partial charge on any atom is -0.496 e. The minimum atomic E-state index is 0.604. The highest BCUT2D eigenvalue weighted by atomic mass is 79.9. The summed E-state index contributed by atoms with van der Waals surface area (Å²) < 4.78 is 6.63. The molecular formula is C18H20BrNO. The van der Waals surface area contributed by atoms with Crippen molar-refractivity contribution < 1.29 is 4.74 Å². The molecular weight excluding hydrogens is 326 g/mol. The number of benzene rings is 2. The SMILES string of the molecule is COc1ccccc1C1CC(NCc2ccccc2Br)C1. The largest absolute Gasteiger partial charge is 0.496 e. The third-order valence-electron chi connectivity index (χ3n) is 4.26. The molecule has 21 heavy (non-hydrogen) atoms. The lowest BCUT2D eigenvalue weighted by Crippen LogP contribution is -2.39. The van der Waals surface area contributed by atoms with Crippen LogP contribution in [-0.2, 0) is 6.54 Å². The van der Waals surface area contributed by atoms with Crippen LogP contribution >= 0.6 is 15.9 Å². The summed E-state index contributed by atoms with van der Waals surface area (Å²) in [5.74, 6) is 1.64. The van der Waals surface area contributed by atoms with Gasteiger partial charge in [-0.3, -0.25) is 0 Å². The molecule has 0 aromatic heterocycles. The normalized spacial score (nSPS) is 20.9. The van der Waals surface area contributed by atoms with Crippen LogP contribution in [0.5, 0.6) is 5.75 Å². The third-order valence-corrected chi connectivity index (χ3v) is 5.03. The second kappa shape index (κ2) is 6.63. The van der Waals surface area contributed by atoms with Crippen molar-refractivity contribution in [2.45, 2.75) is 31.3 Å². The molecule has 1 aliphatic carbocycles. The quantitative estimate of drug-likeness (QED) is 0.861. The molecule has 0 unspecified atom stereocenters. The highest BCUT2D eigenvalue weighted by Gasteiger charge is 2.31. The van der Waals surface area contributed by atoms with E-state index in [2.05, 4.69) is 63.7 Å². The van der Waals surface area contributed by atoms with E-state index in [4.69, 9.17) is 4.74 Å². The molecule has 2 nitrogen and oxygen atoms in total. The molecule has 0 aliphatic heterocycles. The summed E-state index contributed by atoms with van der Waals surface area (Å²) in [5, 5.41) is 3.64. The first-order valence-electron chi connectivity index (χ1n) is 7.37. The van der Waals surface area contributed by atoms with Crippen molar-refractivity contribution in [2.75, 3.05) is 7.11 Å². The summed E-state index contributed by atoms with van der Waals surface area (Å²) in [4.78, 5) is 0. The smallest absolute Gasteiger partial charge is 0.122 e. The zero-order valence-corrected chi connectivity index (χ0v) is 13.8. The molecule has 1 fully saturated rings. The molecule has 2 aromatic carbocycles. The lowest BCUT2D eigenvalue weighted by atomic mass is 9.75. The van der Waals surface area contributed by atoms with Crippen molar-refractivity contribution in [1.82, 2.24) is 5.32 Å². The fourth-order valence-corrected chi connectivity index (χ4v) is 3.36. The summed E-state index contributed by atoms with van der Waals surface area (Å²) in [6.07, 6.45) is 2.37. The second-order valence-electron chi connectivity index (χ2n) is 5.58. The van der Waals surface area contributed by atoms with Crippen LogP contribution < -0.4 is 10.1 Å². The van der Waals surface area contributed by atoms with Crippen molar-refractivity contribution >= 4 is 15.9 Å². The first kappa shape index (κ1) is 14.6. The van der Waals surface area contributed by atoms with Gasteiger partial charge in [0.05, 0.1) is 7.11 Å². The predicted octanol–water partition coefficient (Wildman–Crippen LogP) is 4.49. The average Bonchev–Trinajstić information content (AvgIpc) is 2.48. The number of nitrogens with one attached hydrogen (secondary N) is 1. The van der Waals surface area contributed by atoms with Crippen molar-refractivity contribution in [1.29, 1.82) is 0 Å². The van der Waals surface area contributed by atoms with Crippen LogP contribution in [0.3, 0.4) is 0 Å². The van der Waals surface area contributed by atoms with E-state index in [-0.39, 0.29) is 0 Å². The van der Waals surface area contributed by atoms with E-state index in [0.29, 0.717) is 12.0 Å². The third kappa shape index (κ3) is 3.30.